The molecule has 334 valence electrons. The number of benzene rings is 3. The van der Waals surface area contributed by atoms with E-state index >= 15 is 0 Å². The van der Waals surface area contributed by atoms with Crippen molar-refractivity contribution in [3.05, 3.63) is 78.4 Å². The highest BCUT2D eigenvalue weighted by Crippen LogP contribution is 2.44. The van der Waals surface area contributed by atoms with Crippen molar-refractivity contribution in [1.82, 2.24) is 20.2 Å². The van der Waals surface area contributed by atoms with E-state index in [0.717, 1.165) is 5.56 Å². The van der Waals surface area contributed by atoms with Crippen molar-refractivity contribution < 1.29 is 26.4 Å². The first-order chi connectivity index (χ1) is 27.5. The SMILES string of the molecule is C[C@@H](CCS(=O)(=O)c1nnnn1-c1ccccc1)[C@@H](O[Si](C)(C)C(C)(C)C)[C@H](C[C@H](CCOCc1ccc2ccccc2c1)O[Si](C)(C)C(C)(C)C)O[Si](C)(C)C(C)(C)C. The molecule has 3 aromatic carbocycles. The minimum atomic E-state index is -3.88. The average molecular weight is 897 g/mol. The van der Waals surface area contributed by atoms with E-state index in [1.54, 1.807) is 12.1 Å². The topological polar surface area (TPSA) is 115 Å². The van der Waals surface area contributed by atoms with Gasteiger partial charge in [-0.3, -0.25) is 0 Å². The molecule has 0 unspecified atom stereocenters. The summed E-state index contributed by atoms with van der Waals surface area (Å²) in [6, 6.07) is 24.0. The minimum Gasteiger partial charge on any atom is -0.414 e. The maximum Gasteiger partial charge on any atom is 0.272 e. The predicted octanol–water partition coefficient (Wildman–Crippen LogP) is 11.8. The average Bonchev–Trinajstić information content (AvgIpc) is 3.65. The fourth-order valence-electron chi connectivity index (χ4n) is 6.39. The van der Waals surface area contributed by atoms with Crippen LogP contribution in [-0.2, 0) is 34.5 Å². The Morgan fingerprint density at radius 3 is 1.83 bits per heavy atom. The molecule has 0 saturated heterocycles. The van der Waals surface area contributed by atoms with Crippen molar-refractivity contribution in [1.29, 1.82) is 0 Å². The molecule has 1 aromatic heterocycles. The third-order valence-electron chi connectivity index (χ3n) is 13.4. The van der Waals surface area contributed by atoms with Gasteiger partial charge >= 0.3 is 0 Å². The predicted molar refractivity (Wildman–Crippen MR) is 254 cm³/mol. The maximum atomic E-state index is 14.1. The molecule has 4 aromatic rings. The molecule has 10 nitrogen and oxygen atoms in total. The fraction of sp³-hybridized carbons (Fsp3) is 0.630. The Bertz CT molecular complexity index is 2090. The highest BCUT2D eigenvalue weighted by Gasteiger charge is 2.48. The second kappa shape index (κ2) is 19.4. The molecule has 0 amide bonds. The molecule has 4 atom stereocenters. The Labute approximate surface area is 365 Å². The Morgan fingerprint density at radius 2 is 1.23 bits per heavy atom. The van der Waals surface area contributed by atoms with E-state index in [1.807, 2.05) is 18.2 Å². The van der Waals surface area contributed by atoms with E-state index in [2.05, 4.69) is 167 Å². The Kier molecular flexibility index (Phi) is 16.2. The van der Waals surface area contributed by atoms with Crippen LogP contribution in [0.2, 0.25) is 54.4 Å². The number of ether oxygens (including phenoxy) is 1. The lowest BCUT2D eigenvalue weighted by molar-refractivity contribution is -0.0265. The van der Waals surface area contributed by atoms with Crippen molar-refractivity contribution in [2.45, 2.75) is 173 Å². The number of hydrogen-bond donors (Lipinski definition) is 0. The van der Waals surface area contributed by atoms with E-state index in [9.17, 15) is 8.42 Å². The van der Waals surface area contributed by atoms with Gasteiger partial charge in [-0.15, -0.1) is 0 Å². The van der Waals surface area contributed by atoms with E-state index in [-0.39, 0.29) is 44.1 Å². The molecule has 0 aliphatic heterocycles. The first kappa shape index (κ1) is 50.1. The first-order valence-corrected chi connectivity index (χ1v) is 32.1. The van der Waals surface area contributed by atoms with Crippen LogP contribution in [0.25, 0.3) is 16.5 Å². The maximum absolute atomic E-state index is 14.1. The third kappa shape index (κ3) is 13.0. The van der Waals surface area contributed by atoms with Crippen LogP contribution in [0, 0.1) is 5.92 Å². The zero-order chi connectivity index (χ0) is 45.0. The van der Waals surface area contributed by atoms with Crippen LogP contribution in [-0.4, -0.2) is 84.2 Å². The molecule has 1 heterocycles. The van der Waals surface area contributed by atoms with Crippen LogP contribution in [0.1, 0.15) is 94.1 Å². The molecule has 4 rings (SSSR count). The van der Waals surface area contributed by atoms with E-state index < -0.39 is 40.9 Å². The zero-order valence-corrected chi connectivity index (χ0v) is 43.4. The van der Waals surface area contributed by atoms with Gasteiger partial charge in [-0.05, 0) is 125 Å². The lowest BCUT2D eigenvalue weighted by Gasteiger charge is -2.48. The molecule has 0 spiro atoms. The Hall–Kier alpha value is -2.57. The summed E-state index contributed by atoms with van der Waals surface area (Å²) in [5, 5.41) is 13.9. The summed E-state index contributed by atoms with van der Waals surface area (Å²) in [5.74, 6) is -0.333. The number of fused-ring (bicyclic) bond motifs is 1. The zero-order valence-electron chi connectivity index (χ0n) is 39.6. The largest absolute Gasteiger partial charge is 0.414 e. The normalized spacial score (nSPS) is 15.9. The molecule has 0 aliphatic rings. The number of rotatable bonds is 20. The standard InChI is InChI=1S/C46H76N4O6SSi3/c1-35(29-31-57(51,52)43-47-48-49-50(43)39-24-18-17-19-25-39)42(56-60(15,16)46(8,9)10)41(55-59(13,14)45(5,6)7)33-40(54-58(11,12)44(2,3)4)28-30-53-34-36-26-27-37-22-20-21-23-38(37)32-36/h17-27,32,35,40-42H,28-31,33-34H2,1-16H3/t35-,40-,41-,42+/m0/s1. The van der Waals surface area contributed by atoms with Gasteiger partial charge < -0.3 is 18.0 Å². The Morgan fingerprint density at radius 1 is 0.683 bits per heavy atom. The van der Waals surface area contributed by atoms with Crippen molar-refractivity contribution in [3.8, 4) is 5.69 Å². The summed E-state index contributed by atoms with van der Waals surface area (Å²) in [7, 11) is -11.0. The quantitative estimate of drug-likeness (QED) is 0.0632. The third-order valence-corrected chi connectivity index (χ3v) is 28.5. The molecule has 0 saturated carbocycles. The fourth-order valence-corrected chi connectivity index (χ4v) is 12.0. The second-order valence-corrected chi connectivity index (χ2v) is 37.6. The first-order valence-electron chi connectivity index (χ1n) is 21.7. The van der Waals surface area contributed by atoms with Gasteiger partial charge in [-0.25, -0.2) is 8.42 Å². The van der Waals surface area contributed by atoms with E-state index in [1.165, 1.54) is 15.5 Å². The molecule has 0 N–H and O–H groups in total. The number of sulfone groups is 1. The minimum absolute atomic E-state index is 0.0131. The molecule has 0 bridgehead atoms. The number of hydrogen-bond acceptors (Lipinski definition) is 9. The van der Waals surface area contributed by atoms with Crippen molar-refractivity contribution in [3.63, 3.8) is 0 Å². The van der Waals surface area contributed by atoms with Crippen LogP contribution in [0.3, 0.4) is 0 Å². The lowest BCUT2D eigenvalue weighted by atomic mass is 9.93. The van der Waals surface area contributed by atoms with Gasteiger partial charge in [0, 0.05) is 12.7 Å². The van der Waals surface area contributed by atoms with Gasteiger partial charge in [0.2, 0.25) is 9.84 Å². The van der Waals surface area contributed by atoms with E-state index in [0.29, 0.717) is 38.2 Å². The summed E-state index contributed by atoms with van der Waals surface area (Å²) in [6.45, 7) is 37.2. The van der Waals surface area contributed by atoms with Crippen LogP contribution in [0.5, 0.6) is 0 Å². The number of aromatic nitrogens is 4. The van der Waals surface area contributed by atoms with Crippen LogP contribution < -0.4 is 0 Å². The van der Waals surface area contributed by atoms with E-state index in [4.69, 9.17) is 18.0 Å². The van der Waals surface area contributed by atoms with Gasteiger partial charge in [-0.2, -0.15) is 4.68 Å². The molecule has 60 heavy (non-hydrogen) atoms. The van der Waals surface area contributed by atoms with Gasteiger partial charge in [0.15, 0.2) is 25.0 Å². The van der Waals surface area contributed by atoms with Gasteiger partial charge in [0.1, 0.15) is 0 Å². The van der Waals surface area contributed by atoms with Crippen molar-refractivity contribution >= 4 is 45.6 Å². The molecule has 0 aliphatic carbocycles. The molecular formula is C46H76N4O6SSi3. The lowest BCUT2D eigenvalue weighted by Crippen LogP contribution is -2.55. The number of nitrogens with zero attached hydrogens (tertiary/aromatic N) is 4. The summed E-state index contributed by atoms with van der Waals surface area (Å²) >= 11 is 0. The summed E-state index contributed by atoms with van der Waals surface area (Å²) in [4.78, 5) is 0. The molecular weight excluding hydrogens is 821 g/mol. The smallest absolute Gasteiger partial charge is 0.272 e. The summed E-state index contributed by atoms with van der Waals surface area (Å²) < 4.78 is 58.2. The molecule has 0 radical (unpaired) electrons. The highest BCUT2D eigenvalue weighted by atomic mass is 32.2. The molecule has 14 heteroatoms. The summed E-state index contributed by atoms with van der Waals surface area (Å²) in [6.07, 6.45) is 0.695. The number of tetrazole rings is 1. The van der Waals surface area contributed by atoms with Gasteiger partial charge in [0.05, 0.1) is 30.3 Å². The van der Waals surface area contributed by atoms with Crippen LogP contribution >= 0.6 is 0 Å². The second-order valence-electron chi connectivity index (χ2n) is 21.3. The van der Waals surface area contributed by atoms with Gasteiger partial charge in [-0.1, -0.05) is 129 Å². The molecule has 0 fully saturated rings. The van der Waals surface area contributed by atoms with Crippen molar-refractivity contribution in [2.24, 2.45) is 5.92 Å². The van der Waals surface area contributed by atoms with Gasteiger partial charge in [0.25, 0.3) is 5.16 Å². The number of para-hydroxylation sites is 1. The highest BCUT2D eigenvalue weighted by molar-refractivity contribution is 7.91. The summed E-state index contributed by atoms with van der Waals surface area (Å²) in [5.41, 5.74) is 1.73. The van der Waals surface area contributed by atoms with Crippen molar-refractivity contribution in [2.75, 3.05) is 12.4 Å². The van der Waals surface area contributed by atoms with Crippen LogP contribution in [0.15, 0.2) is 78.0 Å². The monoisotopic (exact) mass is 896 g/mol. The van der Waals surface area contributed by atoms with Crippen LogP contribution in [0.4, 0.5) is 0 Å². The Balaban J connectivity index is 1.70.